The third kappa shape index (κ3) is 4.75. The average Bonchev–Trinajstić information content (AvgIpc) is 3.59. The van der Waals surface area contributed by atoms with Gasteiger partial charge in [-0.1, -0.05) is 17.7 Å². The highest BCUT2D eigenvalue weighted by molar-refractivity contribution is 7.19. The van der Waals surface area contributed by atoms with Crippen molar-refractivity contribution < 1.29 is 14.4 Å². The topological polar surface area (TPSA) is 77.1 Å². The number of rotatable bonds is 4. The second-order valence-electron chi connectivity index (χ2n) is 9.95. The van der Waals surface area contributed by atoms with Crippen molar-refractivity contribution in [3.63, 3.8) is 0 Å². The van der Waals surface area contributed by atoms with E-state index in [1.165, 1.54) is 29.6 Å². The summed E-state index contributed by atoms with van der Waals surface area (Å²) in [6.45, 7) is 5.77. The predicted molar refractivity (Wildman–Crippen MR) is 150 cm³/mol. The number of fused-ring (bicyclic) bond motifs is 1. The molecule has 11 heteroatoms. The molecule has 2 saturated heterocycles. The summed E-state index contributed by atoms with van der Waals surface area (Å²) in [6.07, 6.45) is 3.01. The number of carbonyl (C=O) groups excluding carboxylic acids is 3. The standard InChI is InChI=1S/C27H28ClN5O3S2/c1-17(34)33-21-4-3-19(23-6-7-24(28)38-23)14-18(21)2-5-22(33)26(35)32-15-20(16-32)30-9-11-31(12-10-30)27(36)25-29-8-13-37-25/h3-4,6-8,13-14,20,22H,2,5,9-12,15-16H2,1H3. The minimum absolute atomic E-state index is 0.00160. The Morgan fingerprint density at radius 1 is 1.03 bits per heavy atom. The number of thiazole rings is 1. The molecule has 1 atom stereocenters. The molecule has 0 spiro atoms. The molecule has 0 radical (unpaired) electrons. The smallest absolute Gasteiger partial charge is 0.282 e. The van der Waals surface area contributed by atoms with Crippen molar-refractivity contribution in [2.24, 2.45) is 0 Å². The summed E-state index contributed by atoms with van der Waals surface area (Å²) in [4.78, 5) is 51.9. The zero-order chi connectivity index (χ0) is 26.4. The van der Waals surface area contributed by atoms with Gasteiger partial charge in [-0.3, -0.25) is 24.2 Å². The molecule has 0 bridgehead atoms. The molecule has 3 aromatic rings. The highest BCUT2D eigenvalue weighted by Crippen LogP contribution is 2.38. The quantitative estimate of drug-likeness (QED) is 0.477. The van der Waals surface area contributed by atoms with E-state index < -0.39 is 6.04 Å². The number of nitrogens with zero attached hydrogens (tertiary/aromatic N) is 5. The van der Waals surface area contributed by atoms with Crippen molar-refractivity contribution in [2.75, 3.05) is 44.2 Å². The molecule has 8 nitrogen and oxygen atoms in total. The Morgan fingerprint density at radius 3 is 2.47 bits per heavy atom. The van der Waals surface area contributed by atoms with Crippen LogP contribution in [-0.2, 0) is 16.0 Å². The van der Waals surface area contributed by atoms with Crippen molar-refractivity contribution in [3.8, 4) is 10.4 Å². The molecule has 198 valence electrons. The summed E-state index contributed by atoms with van der Waals surface area (Å²) in [6, 6.07) is 9.79. The Hall–Kier alpha value is -2.79. The van der Waals surface area contributed by atoms with Crippen LogP contribution in [-0.4, -0.2) is 88.8 Å². The summed E-state index contributed by atoms with van der Waals surface area (Å²) in [5, 5.41) is 2.36. The number of anilines is 1. The van der Waals surface area contributed by atoms with Crippen LogP contribution in [0.3, 0.4) is 0 Å². The number of aryl methyl sites for hydroxylation is 1. The maximum absolute atomic E-state index is 13.5. The van der Waals surface area contributed by atoms with E-state index in [1.54, 1.807) is 11.1 Å². The first kappa shape index (κ1) is 25.5. The van der Waals surface area contributed by atoms with Crippen LogP contribution in [0, 0.1) is 0 Å². The first-order valence-corrected chi connectivity index (χ1v) is 14.9. The third-order valence-corrected chi connectivity index (χ3v) is 9.77. The van der Waals surface area contributed by atoms with Crippen LogP contribution in [0.1, 0.15) is 28.7 Å². The maximum Gasteiger partial charge on any atom is 0.282 e. The van der Waals surface area contributed by atoms with E-state index in [-0.39, 0.29) is 23.8 Å². The second kappa shape index (κ2) is 10.4. The van der Waals surface area contributed by atoms with Crippen molar-refractivity contribution >= 4 is 57.7 Å². The van der Waals surface area contributed by atoms with Crippen LogP contribution in [0.25, 0.3) is 10.4 Å². The number of hydrogen-bond acceptors (Lipinski definition) is 7. The van der Waals surface area contributed by atoms with Crippen LogP contribution in [0.2, 0.25) is 4.34 Å². The molecular formula is C27H28ClN5O3S2. The van der Waals surface area contributed by atoms with Crippen LogP contribution in [0.4, 0.5) is 5.69 Å². The molecule has 2 aromatic heterocycles. The van der Waals surface area contributed by atoms with Crippen LogP contribution < -0.4 is 4.90 Å². The number of halogens is 1. The fourth-order valence-electron chi connectivity index (χ4n) is 5.69. The van der Waals surface area contributed by atoms with Gasteiger partial charge < -0.3 is 9.80 Å². The predicted octanol–water partition coefficient (Wildman–Crippen LogP) is 3.86. The number of piperazine rings is 1. The van der Waals surface area contributed by atoms with E-state index in [4.69, 9.17) is 11.6 Å². The number of carbonyl (C=O) groups is 3. The molecule has 3 aliphatic heterocycles. The number of likely N-dealkylation sites (tertiary alicyclic amines) is 1. The molecule has 5 heterocycles. The number of amides is 3. The van der Waals surface area contributed by atoms with Gasteiger partial charge in [0, 0.05) is 74.4 Å². The van der Waals surface area contributed by atoms with Gasteiger partial charge >= 0.3 is 0 Å². The third-order valence-electron chi connectivity index (χ3n) is 7.73. The van der Waals surface area contributed by atoms with Gasteiger partial charge in [0.1, 0.15) is 6.04 Å². The Balaban J connectivity index is 1.07. The average molecular weight is 570 g/mol. The fraction of sp³-hybridized carbons (Fsp3) is 0.407. The van der Waals surface area contributed by atoms with Gasteiger partial charge in [-0.25, -0.2) is 4.98 Å². The van der Waals surface area contributed by atoms with Crippen molar-refractivity contribution in [1.29, 1.82) is 0 Å². The van der Waals surface area contributed by atoms with Gasteiger partial charge in [-0.2, -0.15) is 0 Å². The maximum atomic E-state index is 13.5. The summed E-state index contributed by atoms with van der Waals surface area (Å²) >= 11 is 9.02. The van der Waals surface area contributed by atoms with Gasteiger partial charge in [-0.05, 0) is 48.2 Å². The van der Waals surface area contributed by atoms with Crippen molar-refractivity contribution in [3.05, 3.63) is 56.8 Å². The molecule has 6 rings (SSSR count). The summed E-state index contributed by atoms with van der Waals surface area (Å²) < 4.78 is 0.743. The Labute approximate surface area is 234 Å². The minimum atomic E-state index is -0.476. The SMILES string of the molecule is CC(=O)N1c2ccc(-c3ccc(Cl)s3)cc2CCC1C(=O)N1CC(N2CCN(C(=O)c3nccs3)CC2)C1. The lowest BCUT2D eigenvalue weighted by Crippen LogP contribution is -2.67. The molecule has 3 amide bonds. The van der Waals surface area contributed by atoms with E-state index in [2.05, 4.69) is 16.0 Å². The lowest BCUT2D eigenvalue weighted by atomic mass is 9.92. The molecular weight excluding hydrogens is 542 g/mol. The second-order valence-corrected chi connectivity index (χ2v) is 12.6. The Kier molecular flexibility index (Phi) is 6.98. The summed E-state index contributed by atoms with van der Waals surface area (Å²) in [7, 11) is 0. The lowest BCUT2D eigenvalue weighted by molar-refractivity contribution is -0.142. The van der Waals surface area contributed by atoms with E-state index >= 15 is 0 Å². The number of benzene rings is 1. The highest BCUT2D eigenvalue weighted by atomic mass is 35.5. The number of thiophene rings is 1. The van der Waals surface area contributed by atoms with Crippen molar-refractivity contribution in [1.82, 2.24) is 19.7 Å². The van der Waals surface area contributed by atoms with Crippen molar-refractivity contribution in [2.45, 2.75) is 31.8 Å². The Morgan fingerprint density at radius 2 is 1.82 bits per heavy atom. The van der Waals surface area contributed by atoms with E-state index in [0.29, 0.717) is 37.6 Å². The van der Waals surface area contributed by atoms with Gasteiger partial charge in [-0.15, -0.1) is 22.7 Å². The first-order chi connectivity index (χ1) is 18.4. The molecule has 0 N–H and O–H groups in total. The molecule has 0 aliphatic carbocycles. The molecule has 2 fully saturated rings. The monoisotopic (exact) mass is 569 g/mol. The van der Waals surface area contributed by atoms with Gasteiger partial charge in [0.2, 0.25) is 11.8 Å². The largest absolute Gasteiger partial charge is 0.338 e. The molecule has 1 aromatic carbocycles. The normalized spacial score (nSPS) is 20.3. The zero-order valence-electron chi connectivity index (χ0n) is 21.0. The van der Waals surface area contributed by atoms with E-state index in [9.17, 15) is 14.4 Å². The van der Waals surface area contributed by atoms with Crippen LogP contribution in [0.5, 0.6) is 0 Å². The Bertz CT molecular complexity index is 1360. The lowest BCUT2D eigenvalue weighted by Gasteiger charge is -2.49. The summed E-state index contributed by atoms with van der Waals surface area (Å²) in [5.74, 6) is -0.0959. The minimum Gasteiger partial charge on any atom is -0.338 e. The van der Waals surface area contributed by atoms with Crippen LogP contribution >= 0.6 is 34.3 Å². The first-order valence-electron chi connectivity index (χ1n) is 12.8. The molecule has 3 aliphatic rings. The molecule has 1 unspecified atom stereocenters. The number of aromatic nitrogens is 1. The van der Waals surface area contributed by atoms with Crippen LogP contribution in [0.15, 0.2) is 41.9 Å². The number of hydrogen-bond donors (Lipinski definition) is 0. The van der Waals surface area contributed by atoms with E-state index in [0.717, 1.165) is 45.5 Å². The molecule has 38 heavy (non-hydrogen) atoms. The van der Waals surface area contributed by atoms with Gasteiger partial charge in [0.25, 0.3) is 5.91 Å². The zero-order valence-corrected chi connectivity index (χ0v) is 23.4. The van der Waals surface area contributed by atoms with E-state index in [1.807, 2.05) is 39.4 Å². The van der Waals surface area contributed by atoms with Gasteiger partial charge in [0.05, 0.1) is 4.34 Å². The van der Waals surface area contributed by atoms with Gasteiger partial charge in [0.15, 0.2) is 5.01 Å². The molecule has 0 saturated carbocycles. The highest BCUT2D eigenvalue weighted by Gasteiger charge is 2.42. The summed E-state index contributed by atoms with van der Waals surface area (Å²) in [5.41, 5.74) is 2.98. The fourth-order valence-corrected chi connectivity index (χ4v) is 7.33.